The lowest BCUT2D eigenvalue weighted by Crippen LogP contribution is -2.34. The Bertz CT molecular complexity index is 1300. The number of carbonyl (C=O) groups is 1. The largest absolute Gasteiger partial charge is 0.454 e. The van der Waals surface area contributed by atoms with E-state index in [2.05, 4.69) is 10.3 Å². The van der Waals surface area contributed by atoms with Crippen LogP contribution >= 0.6 is 0 Å². The van der Waals surface area contributed by atoms with Crippen LogP contribution in [-0.4, -0.2) is 40.3 Å². The van der Waals surface area contributed by atoms with Gasteiger partial charge in [0.2, 0.25) is 12.7 Å². The summed E-state index contributed by atoms with van der Waals surface area (Å²) in [5.41, 5.74) is 0.482. The van der Waals surface area contributed by atoms with Crippen LogP contribution in [0.3, 0.4) is 0 Å². The molecule has 1 fully saturated rings. The summed E-state index contributed by atoms with van der Waals surface area (Å²) in [6, 6.07) is 9.09. The van der Waals surface area contributed by atoms with Crippen molar-refractivity contribution in [1.29, 1.82) is 0 Å². The van der Waals surface area contributed by atoms with Gasteiger partial charge in [0.1, 0.15) is 6.54 Å². The maximum atomic E-state index is 13.3. The van der Waals surface area contributed by atoms with Gasteiger partial charge in [-0.05, 0) is 31.0 Å². The van der Waals surface area contributed by atoms with Crippen LogP contribution in [0.4, 0.5) is 17.2 Å². The summed E-state index contributed by atoms with van der Waals surface area (Å²) in [5.74, 6) is 0.889. The van der Waals surface area contributed by atoms with Crippen molar-refractivity contribution < 1.29 is 19.2 Å². The molecule has 164 valence electrons. The summed E-state index contributed by atoms with van der Waals surface area (Å²) in [6.07, 6.45) is 1.90. The van der Waals surface area contributed by atoms with Crippen molar-refractivity contribution in [2.24, 2.45) is 0 Å². The van der Waals surface area contributed by atoms with Gasteiger partial charge in [-0.1, -0.05) is 0 Å². The maximum absolute atomic E-state index is 13.3. The first-order chi connectivity index (χ1) is 15.5. The van der Waals surface area contributed by atoms with Crippen molar-refractivity contribution in [2.45, 2.75) is 19.4 Å². The molecule has 2 aliphatic rings. The third-order valence-corrected chi connectivity index (χ3v) is 5.49. The van der Waals surface area contributed by atoms with Gasteiger partial charge in [0.15, 0.2) is 17.3 Å². The Balaban J connectivity index is 1.52. The molecule has 1 amide bonds. The standard InChI is InChI=1S/C21H19N5O6/c27-19(22-13-3-6-17-18(9-13)32-12-31-17)11-25-16-10-14(26(29)30)4-5-15(16)23-20(21(25)28)24-7-1-2-8-24/h3-6,9-10H,1-2,7-8,11-12H2,(H,22,27). The smallest absolute Gasteiger partial charge is 0.294 e. The Morgan fingerprint density at radius 1 is 1.12 bits per heavy atom. The zero-order valence-corrected chi connectivity index (χ0v) is 16.9. The average molecular weight is 437 g/mol. The van der Waals surface area contributed by atoms with Gasteiger partial charge in [-0.25, -0.2) is 4.98 Å². The number of hydrogen-bond donors (Lipinski definition) is 1. The molecular formula is C21H19N5O6. The molecule has 3 aromatic rings. The van der Waals surface area contributed by atoms with Crippen LogP contribution in [0.15, 0.2) is 41.2 Å². The SMILES string of the molecule is O=C(Cn1c(=O)c(N2CCCC2)nc2ccc([N+](=O)[O-])cc21)Nc1ccc2c(c1)OCO2. The molecule has 32 heavy (non-hydrogen) atoms. The zero-order chi connectivity index (χ0) is 22.2. The van der Waals surface area contributed by atoms with Gasteiger partial charge < -0.3 is 19.7 Å². The Labute approximate surface area is 181 Å². The van der Waals surface area contributed by atoms with E-state index in [0.717, 1.165) is 12.8 Å². The number of fused-ring (bicyclic) bond motifs is 2. The number of nitro groups is 1. The lowest BCUT2D eigenvalue weighted by atomic mass is 10.2. The van der Waals surface area contributed by atoms with Gasteiger partial charge in [0, 0.05) is 37.0 Å². The number of benzene rings is 2. The molecule has 0 unspecified atom stereocenters. The lowest BCUT2D eigenvalue weighted by molar-refractivity contribution is -0.384. The highest BCUT2D eigenvalue weighted by molar-refractivity contribution is 5.92. The van der Waals surface area contributed by atoms with Gasteiger partial charge in [-0.3, -0.25) is 24.3 Å². The van der Waals surface area contributed by atoms with Crippen molar-refractivity contribution in [2.75, 3.05) is 30.1 Å². The van der Waals surface area contributed by atoms with Crippen molar-refractivity contribution in [3.63, 3.8) is 0 Å². The van der Waals surface area contributed by atoms with E-state index >= 15 is 0 Å². The number of nitro benzene ring substituents is 1. The minimum Gasteiger partial charge on any atom is -0.454 e. The predicted octanol–water partition coefficient (Wildman–Crippen LogP) is 2.27. The number of ether oxygens (including phenoxy) is 2. The van der Waals surface area contributed by atoms with Crippen LogP contribution in [0.5, 0.6) is 11.5 Å². The third kappa shape index (κ3) is 3.57. The fraction of sp³-hybridized carbons (Fsp3) is 0.286. The molecule has 0 bridgehead atoms. The molecule has 2 aliphatic heterocycles. The summed E-state index contributed by atoms with van der Waals surface area (Å²) in [5, 5.41) is 14.0. The Morgan fingerprint density at radius 2 is 1.91 bits per heavy atom. The van der Waals surface area contributed by atoms with Crippen molar-refractivity contribution >= 4 is 34.1 Å². The first-order valence-corrected chi connectivity index (χ1v) is 10.1. The number of aromatic nitrogens is 2. The van der Waals surface area contributed by atoms with Crippen molar-refractivity contribution in [3.05, 3.63) is 56.9 Å². The molecule has 0 saturated carbocycles. The molecule has 0 atom stereocenters. The van der Waals surface area contributed by atoms with E-state index in [-0.39, 0.29) is 30.4 Å². The maximum Gasteiger partial charge on any atom is 0.294 e. The minimum atomic E-state index is -0.546. The van der Waals surface area contributed by atoms with E-state index in [1.807, 2.05) is 4.90 Å². The van der Waals surface area contributed by atoms with Crippen LogP contribution < -0.4 is 25.2 Å². The monoisotopic (exact) mass is 437 g/mol. The fourth-order valence-electron chi connectivity index (χ4n) is 3.94. The van der Waals surface area contributed by atoms with Crippen LogP contribution in [0.25, 0.3) is 11.0 Å². The quantitative estimate of drug-likeness (QED) is 0.475. The second-order valence-corrected chi connectivity index (χ2v) is 7.57. The van der Waals surface area contributed by atoms with Crippen LogP contribution in [0.2, 0.25) is 0 Å². The van der Waals surface area contributed by atoms with E-state index in [4.69, 9.17) is 9.47 Å². The number of amides is 1. The van der Waals surface area contributed by atoms with E-state index < -0.39 is 16.4 Å². The number of nitrogens with zero attached hydrogens (tertiary/aromatic N) is 4. The first-order valence-electron chi connectivity index (χ1n) is 10.1. The van der Waals surface area contributed by atoms with Gasteiger partial charge in [0.25, 0.3) is 11.2 Å². The highest BCUT2D eigenvalue weighted by atomic mass is 16.7. The predicted molar refractivity (Wildman–Crippen MR) is 115 cm³/mol. The topological polar surface area (TPSA) is 129 Å². The van der Waals surface area contributed by atoms with Gasteiger partial charge in [0.05, 0.1) is 16.0 Å². The van der Waals surface area contributed by atoms with E-state index in [1.54, 1.807) is 18.2 Å². The zero-order valence-electron chi connectivity index (χ0n) is 16.9. The molecule has 1 N–H and O–H groups in total. The number of anilines is 2. The molecule has 11 heteroatoms. The summed E-state index contributed by atoms with van der Waals surface area (Å²) < 4.78 is 11.8. The Morgan fingerprint density at radius 3 is 2.69 bits per heavy atom. The van der Waals surface area contributed by atoms with Crippen LogP contribution in [0, 0.1) is 10.1 Å². The average Bonchev–Trinajstić information content (AvgIpc) is 3.47. The molecule has 0 spiro atoms. The molecular weight excluding hydrogens is 418 g/mol. The molecule has 11 nitrogen and oxygen atoms in total. The Kier molecular flexibility index (Phi) is 4.85. The summed E-state index contributed by atoms with van der Waals surface area (Å²) in [7, 11) is 0. The highest BCUT2D eigenvalue weighted by Gasteiger charge is 2.22. The van der Waals surface area contributed by atoms with Gasteiger partial charge >= 0.3 is 0 Å². The molecule has 2 aromatic carbocycles. The molecule has 1 aromatic heterocycles. The number of hydrogen-bond acceptors (Lipinski definition) is 8. The summed E-state index contributed by atoms with van der Waals surface area (Å²) in [6.45, 7) is 1.19. The fourth-order valence-corrected chi connectivity index (χ4v) is 3.94. The number of nitrogens with one attached hydrogen (secondary N) is 1. The summed E-state index contributed by atoms with van der Waals surface area (Å²) in [4.78, 5) is 43.1. The highest BCUT2D eigenvalue weighted by Crippen LogP contribution is 2.34. The lowest BCUT2D eigenvalue weighted by Gasteiger charge is -2.19. The van der Waals surface area contributed by atoms with E-state index in [9.17, 15) is 19.7 Å². The van der Waals surface area contributed by atoms with E-state index in [1.165, 1.54) is 22.8 Å². The van der Waals surface area contributed by atoms with Crippen molar-refractivity contribution in [1.82, 2.24) is 9.55 Å². The minimum absolute atomic E-state index is 0.114. The van der Waals surface area contributed by atoms with Gasteiger partial charge in [-0.2, -0.15) is 0 Å². The third-order valence-electron chi connectivity index (χ3n) is 5.49. The van der Waals surface area contributed by atoms with E-state index in [0.29, 0.717) is 35.8 Å². The van der Waals surface area contributed by atoms with Crippen LogP contribution in [0.1, 0.15) is 12.8 Å². The first kappa shape index (κ1) is 19.8. The molecule has 5 rings (SSSR count). The normalized spacial score (nSPS) is 14.7. The molecule has 1 saturated heterocycles. The number of rotatable bonds is 5. The number of carbonyl (C=O) groups excluding carboxylic acids is 1. The van der Waals surface area contributed by atoms with Gasteiger partial charge in [-0.15, -0.1) is 0 Å². The summed E-state index contributed by atoms with van der Waals surface area (Å²) >= 11 is 0. The number of non-ortho nitro benzene ring substituents is 1. The molecule has 0 aliphatic carbocycles. The molecule has 0 radical (unpaired) electrons. The van der Waals surface area contributed by atoms with Crippen molar-refractivity contribution in [3.8, 4) is 11.5 Å². The molecule has 3 heterocycles. The second kappa shape index (κ2) is 7.84. The Hall–Kier alpha value is -4.15. The second-order valence-electron chi connectivity index (χ2n) is 7.57. The van der Waals surface area contributed by atoms with Crippen LogP contribution in [-0.2, 0) is 11.3 Å².